The molecule has 0 spiro atoms. The van der Waals surface area contributed by atoms with Crippen LogP contribution >= 0.6 is 0 Å². The van der Waals surface area contributed by atoms with Crippen molar-refractivity contribution in [2.75, 3.05) is 0 Å². The number of hydrogen-bond donors (Lipinski definition) is 0. The molecule has 2 aromatic rings. The molecule has 2 rings (SSSR count). The number of aromatic nitrogens is 1. The van der Waals surface area contributed by atoms with E-state index >= 15 is 0 Å². The van der Waals surface area contributed by atoms with Crippen molar-refractivity contribution < 1.29 is 33.3 Å². The number of rotatable bonds is 3. The van der Waals surface area contributed by atoms with Crippen LogP contribution in [0.15, 0.2) is 48.7 Å². The predicted molar refractivity (Wildman–Crippen MR) is 68.4 cm³/mol. The summed E-state index contributed by atoms with van der Waals surface area (Å²) < 4.78 is 2.05. The normalized spacial score (nSPS) is 10.1. The minimum Gasteiger partial charge on any atom is -1.00 e. The van der Waals surface area contributed by atoms with Gasteiger partial charge in [-0.2, -0.15) is 0 Å². The molecule has 1 heterocycles. The fraction of sp³-hybridized carbons (Fsp3) is 0.0667. The lowest BCUT2D eigenvalue weighted by Crippen LogP contribution is -3.00. The summed E-state index contributed by atoms with van der Waals surface area (Å²) in [4.78, 5) is 10.5. The van der Waals surface area contributed by atoms with Gasteiger partial charge in [0.25, 0.3) is 0 Å². The van der Waals surface area contributed by atoms with Crippen LogP contribution in [0.2, 0.25) is 0 Å². The molecule has 0 bridgehead atoms. The van der Waals surface area contributed by atoms with Crippen molar-refractivity contribution in [2.45, 2.75) is 0 Å². The molecule has 0 aliphatic carbocycles. The molecule has 0 amide bonds. The highest BCUT2D eigenvalue weighted by atomic mass is 127. The summed E-state index contributed by atoms with van der Waals surface area (Å²) in [6.45, 7) is 0. The maximum absolute atomic E-state index is 10.5. The molecule has 1 aromatic carbocycles. The first-order chi connectivity index (χ1) is 8.29. The second-order valence-electron chi connectivity index (χ2n) is 3.85. The number of benzene rings is 1. The molecular weight excluding hydrogens is 337 g/mol. The highest BCUT2D eigenvalue weighted by molar-refractivity contribution is 5.76. The molecule has 1 aromatic heterocycles. The standard InChI is InChI=1S/C15H14NO.HI/c1-16-11-3-2-4-15(16)10-9-13-5-7-14(12-17)8-6-13;/h2-12H,1H3;1H/q+1;/p-1. The smallest absolute Gasteiger partial charge is 0.204 e. The van der Waals surface area contributed by atoms with Crippen molar-refractivity contribution in [2.24, 2.45) is 7.05 Å². The highest BCUT2D eigenvalue weighted by Crippen LogP contribution is 2.06. The summed E-state index contributed by atoms with van der Waals surface area (Å²) in [5, 5.41) is 0. The first-order valence-electron chi connectivity index (χ1n) is 5.47. The number of carbonyl (C=O) groups excluding carboxylic acids is 1. The zero-order valence-corrected chi connectivity index (χ0v) is 12.2. The Kier molecular flexibility index (Phi) is 5.71. The maximum atomic E-state index is 10.5. The van der Waals surface area contributed by atoms with Crippen LogP contribution in [0.1, 0.15) is 21.6 Å². The zero-order valence-electron chi connectivity index (χ0n) is 10.1. The molecule has 3 heteroatoms. The van der Waals surface area contributed by atoms with Gasteiger partial charge in [0.1, 0.15) is 13.3 Å². The van der Waals surface area contributed by atoms with Crippen molar-refractivity contribution in [3.63, 3.8) is 0 Å². The van der Waals surface area contributed by atoms with Crippen molar-refractivity contribution in [1.29, 1.82) is 0 Å². The first kappa shape index (κ1) is 14.6. The number of aryl methyl sites for hydroxylation is 1. The average molecular weight is 351 g/mol. The van der Waals surface area contributed by atoms with E-state index in [1.165, 1.54) is 0 Å². The Balaban J connectivity index is 0.00000162. The third kappa shape index (κ3) is 3.77. The lowest BCUT2D eigenvalue weighted by Gasteiger charge is -1.94. The quantitative estimate of drug-likeness (QED) is 0.415. The monoisotopic (exact) mass is 351 g/mol. The molecule has 0 atom stereocenters. The van der Waals surface area contributed by atoms with Gasteiger partial charge < -0.3 is 24.0 Å². The Hall–Kier alpha value is -1.49. The number of nitrogens with zero attached hydrogens (tertiary/aromatic N) is 1. The lowest BCUT2D eigenvalue weighted by molar-refractivity contribution is -0.673. The van der Waals surface area contributed by atoms with Crippen LogP contribution in [0.5, 0.6) is 0 Å². The van der Waals surface area contributed by atoms with E-state index < -0.39 is 0 Å². The van der Waals surface area contributed by atoms with Gasteiger partial charge in [0.05, 0.1) is 0 Å². The molecule has 0 aliphatic heterocycles. The zero-order chi connectivity index (χ0) is 12.1. The maximum Gasteiger partial charge on any atom is 0.204 e. The van der Waals surface area contributed by atoms with E-state index in [-0.39, 0.29) is 24.0 Å². The Morgan fingerprint density at radius 1 is 0.944 bits per heavy atom. The minimum atomic E-state index is 0. The molecule has 18 heavy (non-hydrogen) atoms. The number of halogens is 1. The van der Waals surface area contributed by atoms with Crippen molar-refractivity contribution >= 4 is 18.4 Å². The van der Waals surface area contributed by atoms with Crippen LogP contribution in [0.3, 0.4) is 0 Å². The van der Waals surface area contributed by atoms with Gasteiger partial charge in [-0.3, -0.25) is 4.79 Å². The van der Waals surface area contributed by atoms with Crippen LogP contribution < -0.4 is 28.5 Å². The van der Waals surface area contributed by atoms with Gasteiger partial charge in [0.2, 0.25) is 5.69 Å². The van der Waals surface area contributed by atoms with E-state index in [4.69, 9.17) is 0 Å². The average Bonchev–Trinajstić information content (AvgIpc) is 2.38. The Morgan fingerprint density at radius 2 is 1.61 bits per heavy atom. The Morgan fingerprint density at radius 3 is 2.22 bits per heavy atom. The lowest BCUT2D eigenvalue weighted by atomic mass is 10.1. The molecule has 0 unspecified atom stereocenters. The summed E-state index contributed by atoms with van der Waals surface area (Å²) >= 11 is 0. The van der Waals surface area contributed by atoms with E-state index in [1.54, 1.807) is 0 Å². The molecule has 0 radical (unpaired) electrons. The van der Waals surface area contributed by atoms with Gasteiger partial charge in [-0.15, -0.1) is 0 Å². The molecule has 0 saturated carbocycles. The molecule has 0 saturated heterocycles. The van der Waals surface area contributed by atoms with Gasteiger partial charge in [-0.05, 0) is 17.7 Å². The fourth-order valence-corrected chi connectivity index (χ4v) is 1.58. The van der Waals surface area contributed by atoms with Crippen LogP contribution in [0, 0.1) is 0 Å². The van der Waals surface area contributed by atoms with Gasteiger partial charge in [0.15, 0.2) is 6.20 Å². The molecule has 0 aliphatic rings. The minimum absolute atomic E-state index is 0. The van der Waals surface area contributed by atoms with Crippen LogP contribution in [0.25, 0.3) is 12.2 Å². The Labute approximate surface area is 124 Å². The third-order valence-electron chi connectivity index (χ3n) is 2.61. The number of carbonyl (C=O) groups is 1. The van der Waals surface area contributed by atoms with E-state index in [0.29, 0.717) is 5.56 Å². The molecule has 0 fully saturated rings. The van der Waals surface area contributed by atoms with E-state index in [1.807, 2.05) is 55.7 Å². The molecule has 0 N–H and O–H groups in total. The summed E-state index contributed by atoms with van der Waals surface area (Å²) in [6.07, 6.45) is 6.94. The van der Waals surface area contributed by atoms with Crippen molar-refractivity contribution in [1.82, 2.24) is 0 Å². The number of pyridine rings is 1. The largest absolute Gasteiger partial charge is 1.00 e. The van der Waals surface area contributed by atoms with E-state index in [0.717, 1.165) is 17.5 Å². The third-order valence-corrected chi connectivity index (χ3v) is 2.61. The SMILES string of the molecule is C[n+]1ccccc1C=Cc1ccc(C=O)cc1.[I-]. The molecule has 2 nitrogen and oxygen atoms in total. The van der Waals surface area contributed by atoms with E-state index in [2.05, 4.69) is 16.7 Å². The van der Waals surface area contributed by atoms with Crippen LogP contribution in [0.4, 0.5) is 0 Å². The van der Waals surface area contributed by atoms with Crippen LogP contribution in [-0.4, -0.2) is 6.29 Å². The second-order valence-corrected chi connectivity index (χ2v) is 3.85. The predicted octanol–water partition coefficient (Wildman–Crippen LogP) is -0.502. The van der Waals surface area contributed by atoms with Crippen molar-refractivity contribution in [3.8, 4) is 0 Å². The molecule has 92 valence electrons. The van der Waals surface area contributed by atoms with Gasteiger partial charge >= 0.3 is 0 Å². The van der Waals surface area contributed by atoms with Gasteiger partial charge in [0, 0.05) is 23.8 Å². The number of aldehydes is 1. The van der Waals surface area contributed by atoms with Gasteiger partial charge in [-0.25, -0.2) is 4.57 Å². The first-order valence-corrected chi connectivity index (χ1v) is 5.47. The number of hydrogen-bond acceptors (Lipinski definition) is 1. The summed E-state index contributed by atoms with van der Waals surface area (Å²) in [5.74, 6) is 0. The van der Waals surface area contributed by atoms with Gasteiger partial charge in [-0.1, -0.05) is 24.3 Å². The van der Waals surface area contributed by atoms with Crippen LogP contribution in [-0.2, 0) is 7.05 Å². The fourth-order valence-electron chi connectivity index (χ4n) is 1.58. The highest BCUT2D eigenvalue weighted by Gasteiger charge is 1.98. The molecular formula is C15H14INO. The summed E-state index contributed by atoms with van der Waals surface area (Å²) in [5.41, 5.74) is 2.92. The summed E-state index contributed by atoms with van der Waals surface area (Å²) in [7, 11) is 2.01. The summed E-state index contributed by atoms with van der Waals surface area (Å²) in [6, 6.07) is 13.6. The van der Waals surface area contributed by atoms with E-state index in [9.17, 15) is 4.79 Å². The topological polar surface area (TPSA) is 20.9 Å². The van der Waals surface area contributed by atoms with Crippen molar-refractivity contribution in [3.05, 3.63) is 65.5 Å². The second kappa shape index (κ2) is 7.06. The Bertz CT molecular complexity index is 547.